The van der Waals surface area contributed by atoms with Crippen molar-refractivity contribution < 1.29 is 9.37 Å². The minimum absolute atomic E-state index is 0.805. The first-order valence-electron chi connectivity index (χ1n) is 8.15. The predicted octanol–water partition coefficient (Wildman–Crippen LogP) is 2.55. The van der Waals surface area contributed by atoms with Crippen molar-refractivity contribution in [3.63, 3.8) is 0 Å². The Morgan fingerprint density at radius 1 is 1.00 bits per heavy atom. The maximum atomic E-state index is 5.48. The Hall–Kier alpha value is -2.60. The molecule has 0 spiro atoms. The van der Waals surface area contributed by atoms with Gasteiger partial charge in [-0.3, -0.25) is 4.90 Å². The number of nitrogens with zero attached hydrogens (tertiary/aromatic N) is 4. The molecular weight excluding hydrogens is 304 g/mol. The van der Waals surface area contributed by atoms with Gasteiger partial charge in [-0.05, 0) is 40.1 Å². The molecule has 1 fully saturated rings. The highest BCUT2D eigenvalue weighted by Crippen LogP contribution is 2.28. The molecule has 0 radical (unpaired) electrons. The zero-order valence-electron chi connectivity index (χ0n) is 13.7. The third kappa shape index (κ3) is 2.92. The third-order valence-corrected chi connectivity index (χ3v) is 4.52. The zero-order chi connectivity index (χ0) is 16.4. The zero-order valence-corrected chi connectivity index (χ0v) is 13.7. The van der Waals surface area contributed by atoms with Crippen molar-refractivity contribution in [3.05, 3.63) is 48.0 Å². The molecule has 1 aromatic heterocycles. The van der Waals surface area contributed by atoms with Crippen LogP contribution in [-0.4, -0.2) is 48.5 Å². The Bertz CT molecular complexity index is 825. The first-order chi connectivity index (χ1) is 11.8. The van der Waals surface area contributed by atoms with E-state index in [9.17, 15) is 0 Å². The highest BCUT2D eigenvalue weighted by Gasteiger charge is 2.19. The highest BCUT2D eigenvalue weighted by atomic mass is 16.6. The van der Waals surface area contributed by atoms with Gasteiger partial charge in [-0.15, -0.1) is 0 Å². The molecular formula is C18H20N4O2. The van der Waals surface area contributed by atoms with E-state index >= 15 is 0 Å². The van der Waals surface area contributed by atoms with Gasteiger partial charge < -0.3 is 9.64 Å². The fourth-order valence-electron chi connectivity index (χ4n) is 3.22. The quantitative estimate of drug-likeness (QED) is 0.735. The van der Waals surface area contributed by atoms with Gasteiger partial charge in [0.1, 0.15) is 16.8 Å². The number of hydrogen-bond donors (Lipinski definition) is 0. The van der Waals surface area contributed by atoms with E-state index in [1.807, 2.05) is 18.2 Å². The van der Waals surface area contributed by atoms with Gasteiger partial charge in [0.15, 0.2) is 0 Å². The molecule has 6 heteroatoms. The maximum absolute atomic E-state index is 5.48. The highest BCUT2D eigenvalue weighted by molar-refractivity contribution is 5.73. The van der Waals surface area contributed by atoms with E-state index in [1.165, 1.54) is 11.3 Å². The van der Waals surface area contributed by atoms with Gasteiger partial charge in [0, 0.05) is 32.7 Å². The monoisotopic (exact) mass is 324 g/mol. The van der Waals surface area contributed by atoms with Gasteiger partial charge in [0.05, 0.1) is 12.8 Å². The molecule has 0 amide bonds. The molecule has 2 heterocycles. The Labute approximate surface area is 140 Å². The molecule has 1 aliphatic rings. The summed E-state index contributed by atoms with van der Waals surface area (Å²) in [6, 6.07) is 14.3. The number of ether oxygens (including phenoxy) is 1. The number of rotatable bonds is 4. The minimum atomic E-state index is 0.805. The lowest BCUT2D eigenvalue weighted by molar-refractivity contribution is 0.249. The Balaban J connectivity index is 1.40. The minimum Gasteiger partial charge on any atom is -0.495 e. The van der Waals surface area contributed by atoms with Crippen molar-refractivity contribution in [2.24, 2.45) is 0 Å². The maximum Gasteiger partial charge on any atom is 0.142 e. The molecule has 3 aromatic rings. The summed E-state index contributed by atoms with van der Waals surface area (Å²) in [6.45, 7) is 4.95. The molecule has 2 aromatic carbocycles. The molecule has 4 rings (SSSR count). The topological polar surface area (TPSA) is 54.6 Å². The molecule has 0 unspecified atom stereocenters. The lowest BCUT2D eigenvalue weighted by atomic mass is 10.1. The van der Waals surface area contributed by atoms with E-state index in [4.69, 9.17) is 9.37 Å². The fraction of sp³-hybridized carbons (Fsp3) is 0.333. The van der Waals surface area contributed by atoms with Crippen LogP contribution in [0.5, 0.6) is 5.75 Å². The van der Waals surface area contributed by atoms with Crippen LogP contribution in [0.4, 0.5) is 5.69 Å². The Morgan fingerprint density at radius 3 is 2.62 bits per heavy atom. The first kappa shape index (κ1) is 15.0. The largest absolute Gasteiger partial charge is 0.495 e. The second-order valence-electron chi connectivity index (χ2n) is 6.02. The smallest absolute Gasteiger partial charge is 0.142 e. The number of benzene rings is 2. The van der Waals surface area contributed by atoms with Crippen LogP contribution in [0.15, 0.2) is 47.1 Å². The van der Waals surface area contributed by atoms with Crippen molar-refractivity contribution >= 4 is 16.7 Å². The predicted molar refractivity (Wildman–Crippen MR) is 92.3 cm³/mol. The van der Waals surface area contributed by atoms with Crippen molar-refractivity contribution in [3.8, 4) is 5.75 Å². The lowest BCUT2D eigenvalue weighted by Crippen LogP contribution is -2.46. The van der Waals surface area contributed by atoms with E-state index in [0.29, 0.717) is 0 Å². The van der Waals surface area contributed by atoms with Crippen LogP contribution in [0.3, 0.4) is 0 Å². The standard InChI is InChI=1S/C18H20N4O2/c1-23-18-5-3-2-4-17(18)22-10-8-21(9-11-22)13-14-6-7-15-16(12-14)20-24-19-15/h2-7,12H,8-11,13H2,1H3. The van der Waals surface area contributed by atoms with Crippen LogP contribution >= 0.6 is 0 Å². The van der Waals surface area contributed by atoms with E-state index in [2.05, 4.69) is 44.4 Å². The SMILES string of the molecule is COc1ccccc1N1CCN(Cc2ccc3nonc3c2)CC1. The van der Waals surface area contributed by atoms with Gasteiger partial charge >= 0.3 is 0 Å². The van der Waals surface area contributed by atoms with Crippen LogP contribution in [0.1, 0.15) is 5.56 Å². The number of fused-ring (bicyclic) bond motifs is 1. The van der Waals surface area contributed by atoms with E-state index in [1.54, 1.807) is 7.11 Å². The molecule has 1 saturated heterocycles. The summed E-state index contributed by atoms with van der Waals surface area (Å²) >= 11 is 0. The Kier molecular flexibility index (Phi) is 4.04. The van der Waals surface area contributed by atoms with Crippen LogP contribution in [0, 0.1) is 0 Å². The second-order valence-corrected chi connectivity index (χ2v) is 6.02. The summed E-state index contributed by atoms with van der Waals surface area (Å²) < 4.78 is 10.2. The summed E-state index contributed by atoms with van der Waals surface area (Å²) in [5.74, 6) is 0.940. The van der Waals surface area contributed by atoms with Gasteiger partial charge in [-0.1, -0.05) is 18.2 Å². The van der Waals surface area contributed by atoms with Gasteiger partial charge in [-0.2, -0.15) is 0 Å². The van der Waals surface area contributed by atoms with Gasteiger partial charge in [0.25, 0.3) is 0 Å². The molecule has 124 valence electrons. The number of aromatic nitrogens is 2. The normalized spacial score (nSPS) is 15.8. The average Bonchev–Trinajstić information content (AvgIpc) is 3.10. The molecule has 0 N–H and O–H groups in total. The Morgan fingerprint density at radius 2 is 1.79 bits per heavy atom. The summed E-state index contributed by atoms with van der Waals surface area (Å²) in [4.78, 5) is 4.85. The number of anilines is 1. The third-order valence-electron chi connectivity index (χ3n) is 4.52. The number of hydrogen-bond acceptors (Lipinski definition) is 6. The number of piperazine rings is 1. The molecule has 0 bridgehead atoms. The van der Waals surface area contributed by atoms with E-state index in [-0.39, 0.29) is 0 Å². The second kappa shape index (κ2) is 6.49. The lowest BCUT2D eigenvalue weighted by Gasteiger charge is -2.36. The average molecular weight is 324 g/mol. The number of para-hydroxylation sites is 2. The molecule has 0 atom stereocenters. The van der Waals surface area contributed by atoms with Crippen molar-refractivity contribution in [2.75, 3.05) is 38.2 Å². The van der Waals surface area contributed by atoms with Crippen molar-refractivity contribution in [2.45, 2.75) is 6.54 Å². The molecule has 24 heavy (non-hydrogen) atoms. The fourth-order valence-corrected chi connectivity index (χ4v) is 3.22. The van der Waals surface area contributed by atoms with Crippen molar-refractivity contribution in [1.29, 1.82) is 0 Å². The van der Waals surface area contributed by atoms with E-state index < -0.39 is 0 Å². The summed E-state index contributed by atoms with van der Waals surface area (Å²) in [6.07, 6.45) is 0. The van der Waals surface area contributed by atoms with Crippen LogP contribution in [-0.2, 0) is 6.54 Å². The first-order valence-corrected chi connectivity index (χ1v) is 8.15. The molecule has 6 nitrogen and oxygen atoms in total. The number of methoxy groups -OCH3 is 1. The van der Waals surface area contributed by atoms with Crippen molar-refractivity contribution in [1.82, 2.24) is 15.2 Å². The van der Waals surface area contributed by atoms with E-state index in [0.717, 1.165) is 49.5 Å². The summed E-state index contributed by atoms with van der Waals surface area (Å²) in [7, 11) is 1.73. The molecule has 0 aliphatic carbocycles. The summed E-state index contributed by atoms with van der Waals surface area (Å²) in [5, 5.41) is 7.76. The van der Waals surface area contributed by atoms with Crippen LogP contribution < -0.4 is 9.64 Å². The van der Waals surface area contributed by atoms with Crippen LogP contribution in [0.2, 0.25) is 0 Å². The molecule has 0 saturated carbocycles. The molecule has 1 aliphatic heterocycles. The van der Waals surface area contributed by atoms with Crippen LogP contribution in [0.25, 0.3) is 11.0 Å². The summed E-state index contributed by atoms with van der Waals surface area (Å²) in [5.41, 5.74) is 4.04. The van der Waals surface area contributed by atoms with Gasteiger partial charge in [0.2, 0.25) is 0 Å². The van der Waals surface area contributed by atoms with Gasteiger partial charge in [-0.25, -0.2) is 4.63 Å².